The van der Waals surface area contributed by atoms with Gasteiger partial charge in [-0.15, -0.1) is 0 Å². The number of carbonyl (C=O) groups excluding carboxylic acids is 2. The van der Waals surface area contributed by atoms with Crippen LogP contribution >= 0.6 is 11.6 Å². The van der Waals surface area contributed by atoms with Crippen molar-refractivity contribution in [3.63, 3.8) is 0 Å². The molecule has 0 aromatic heterocycles. The van der Waals surface area contributed by atoms with E-state index in [2.05, 4.69) is 4.72 Å². The van der Waals surface area contributed by atoms with Crippen LogP contribution in [0.3, 0.4) is 0 Å². The van der Waals surface area contributed by atoms with Gasteiger partial charge in [0.05, 0.1) is 16.7 Å². The molecule has 2 unspecified atom stereocenters. The van der Waals surface area contributed by atoms with E-state index in [4.69, 9.17) is 21.1 Å². The third-order valence-electron chi connectivity index (χ3n) is 4.05. The second kappa shape index (κ2) is 9.01. The van der Waals surface area contributed by atoms with E-state index in [1.807, 2.05) is 0 Å². The minimum Gasteiger partial charge on any atom is -0.449 e. The zero-order chi connectivity index (χ0) is 20.2. The van der Waals surface area contributed by atoms with Gasteiger partial charge in [0.1, 0.15) is 4.90 Å². The number of halogens is 1. The standard InChI is InChI=1S/C17H23ClN2O6S/c1-11(16(21)20(2)3)26-17(22)12-6-7-14(18)15(9-12)27(23,24)19-10-13-5-4-8-25-13/h6-7,9,11,13,19H,4-5,8,10H2,1-3H3. The van der Waals surface area contributed by atoms with E-state index in [9.17, 15) is 18.0 Å². The summed E-state index contributed by atoms with van der Waals surface area (Å²) < 4.78 is 38.0. The molecule has 1 aromatic carbocycles. The molecule has 0 radical (unpaired) electrons. The van der Waals surface area contributed by atoms with Gasteiger partial charge in [-0.2, -0.15) is 0 Å². The Bertz CT molecular complexity index is 806. The van der Waals surface area contributed by atoms with Crippen LogP contribution in [0.4, 0.5) is 0 Å². The van der Waals surface area contributed by atoms with E-state index in [0.717, 1.165) is 18.9 Å². The van der Waals surface area contributed by atoms with Gasteiger partial charge >= 0.3 is 5.97 Å². The minimum absolute atomic E-state index is 0.0182. The number of carbonyl (C=O) groups is 2. The molecule has 0 saturated carbocycles. The summed E-state index contributed by atoms with van der Waals surface area (Å²) in [6, 6.07) is 3.78. The molecule has 1 N–H and O–H groups in total. The van der Waals surface area contributed by atoms with Crippen molar-refractivity contribution < 1.29 is 27.5 Å². The number of ether oxygens (including phenoxy) is 2. The first-order valence-corrected chi connectivity index (χ1v) is 10.3. The van der Waals surface area contributed by atoms with Crippen LogP contribution in [0.1, 0.15) is 30.1 Å². The van der Waals surface area contributed by atoms with Crippen LogP contribution in [0, 0.1) is 0 Å². The van der Waals surface area contributed by atoms with Crippen molar-refractivity contribution in [1.29, 1.82) is 0 Å². The van der Waals surface area contributed by atoms with Gasteiger partial charge in [-0.1, -0.05) is 11.6 Å². The molecule has 27 heavy (non-hydrogen) atoms. The Morgan fingerprint density at radius 3 is 2.70 bits per heavy atom. The van der Waals surface area contributed by atoms with Gasteiger partial charge in [-0.25, -0.2) is 17.9 Å². The van der Waals surface area contributed by atoms with Crippen LogP contribution in [0.5, 0.6) is 0 Å². The van der Waals surface area contributed by atoms with E-state index in [0.29, 0.717) is 6.61 Å². The van der Waals surface area contributed by atoms with Crippen molar-refractivity contribution in [1.82, 2.24) is 9.62 Å². The van der Waals surface area contributed by atoms with Crippen molar-refractivity contribution in [2.24, 2.45) is 0 Å². The van der Waals surface area contributed by atoms with E-state index >= 15 is 0 Å². The lowest BCUT2D eigenvalue weighted by Gasteiger charge is -2.17. The Kier molecular flexibility index (Phi) is 7.21. The first-order chi connectivity index (χ1) is 12.6. The van der Waals surface area contributed by atoms with Crippen LogP contribution in [-0.2, 0) is 24.3 Å². The number of likely N-dealkylation sites (N-methyl/N-ethyl adjacent to an activating group) is 1. The van der Waals surface area contributed by atoms with Gasteiger partial charge in [0.2, 0.25) is 10.0 Å². The molecule has 10 heteroatoms. The lowest BCUT2D eigenvalue weighted by Crippen LogP contribution is -2.35. The van der Waals surface area contributed by atoms with Crippen LogP contribution in [-0.4, -0.2) is 64.6 Å². The highest BCUT2D eigenvalue weighted by atomic mass is 35.5. The fourth-order valence-electron chi connectivity index (χ4n) is 2.56. The predicted molar refractivity (Wildman–Crippen MR) is 99.2 cm³/mol. The first kappa shape index (κ1) is 21.6. The second-order valence-corrected chi connectivity index (χ2v) is 8.55. The molecule has 1 saturated heterocycles. The largest absolute Gasteiger partial charge is 0.449 e. The number of hydrogen-bond acceptors (Lipinski definition) is 6. The number of nitrogens with one attached hydrogen (secondary N) is 1. The van der Waals surface area contributed by atoms with Gasteiger partial charge in [-0.3, -0.25) is 4.79 Å². The molecule has 150 valence electrons. The Labute approximate surface area is 163 Å². The molecule has 1 heterocycles. The van der Waals surface area contributed by atoms with Crippen molar-refractivity contribution in [3.05, 3.63) is 28.8 Å². The van der Waals surface area contributed by atoms with Gasteiger partial charge in [0.15, 0.2) is 6.10 Å². The molecule has 1 fully saturated rings. The zero-order valence-electron chi connectivity index (χ0n) is 15.4. The van der Waals surface area contributed by atoms with Gasteiger partial charge < -0.3 is 14.4 Å². The number of rotatable bonds is 7. The van der Waals surface area contributed by atoms with Crippen molar-refractivity contribution in [2.45, 2.75) is 36.9 Å². The molecule has 1 aromatic rings. The number of sulfonamides is 1. The number of amides is 1. The summed E-state index contributed by atoms with van der Waals surface area (Å²) in [5.74, 6) is -1.20. The lowest BCUT2D eigenvalue weighted by molar-refractivity contribution is -0.137. The van der Waals surface area contributed by atoms with E-state index in [-0.39, 0.29) is 34.0 Å². The van der Waals surface area contributed by atoms with E-state index in [1.54, 1.807) is 14.1 Å². The van der Waals surface area contributed by atoms with Gasteiger partial charge in [-0.05, 0) is 38.0 Å². The molecule has 1 aliphatic rings. The first-order valence-electron chi connectivity index (χ1n) is 8.45. The molecule has 0 bridgehead atoms. The Balaban J connectivity index is 2.14. The van der Waals surface area contributed by atoms with E-state index < -0.39 is 22.1 Å². The quantitative estimate of drug-likeness (QED) is 0.672. The van der Waals surface area contributed by atoms with Crippen LogP contribution in [0.25, 0.3) is 0 Å². The van der Waals surface area contributed by atoms with Crippen LogP contribution < -0.4 is 4.72 Å². The lowest BCUT2D eigenvalue weighted by atomic mass is 10.2. The normalized spacial score (nSPS) is 18.1. The predicted octanol–water partition coefficient (Wildman–Crippen LogP) is 1.43. The summed E-state index contributed by atoms with van der Waals surface area (Å²) in [6.07, 6.45) is 0.490. The van der Waals surface area contributed by atoms with Crippen molar-refractivity contribution >= 4 is 33.5 Å². The number of hydrogen-bond donors (Lipinski definition) is 1. The Hall–Kier alpha value is -1.68. The monoisotopic (exact) mass is 418 g/mol. The number of esters is 1. The van der Waals surface area contributed by atoms with Crippen molar-refractivity contribution in [3.8, 4) is 0 Å². The zero-order valence-corrected chi connectivity index (χ0v) is 17.0. The highest BCUT2D eigenvalue weighted by Gasteiger charge is 2.25. The SMILES string of the molecule is CC(OC(=O)c1ccc(Cl)c(S(=O)(=O)NCC2CCCO2)c1)C(=O)N(C)C. The topological polar surface area (TPSA) is 102 Å². The highest BCUT2D eigenvalue weighted by molar-refractivity contribution is 7.89. The van der Waals surface area contributed by atoms with Crippen molar-refractivity contribution in [2.75, 3.05) is 27.2 Å². The maximum absolute atomic E-state index is 12.5. The van der Waals surface area contributed by atoms with Gasteiger partial charge in [0.25, 0.3) is 5.91 Å². The molecule has 0 aliphatic carbocycles. The second-order valence-electron chi connectivity index (χ2n) is 6.41. The number of nitrogens with zero attached hydrogens (tertiary/aromatic N) is 1. The van der Waals surface area contributed by atoms with Crippen LogP contribution in [0.15, 0.2) is 23.1 Å². The summed E-state index contributed by atoms with van der Waals surface area (Å²) >= 11 is 6.02. The molecule has 0 spiro atoms. The molecular weight excluding hydrogens is 396 g/mol. The summed E-state index contributed by atoms with van der Waals surface area (Å²) in [5, 5.41) is -0.0243. The molecular formula is C17H23ClN2O6S. The Morgan fingerprint density at radius 1 is 1.41 bits per heavy atom. The fraction of sp³-hybridized carbons (Fsp3) is 0.529. The molecule has 2 rings (SSSR count). The summed E-state index contributed by atoms with van der Waals surface area (Å²) in [6.45, 7) is 2.18. The fourth-order valence-corrected chi connectivity index (χ4v) is 4.15. The average molecular weight is 419 g/mol. The maximum Gasteiger partial charge on any atom is 0.338 e. The van der Waals surface area contributed by atoms with Gasteiger partial charge in [0, 0.05) is 27.2 Å². The average Bonchev–Trinajstić information content (AvgIpc) is 3.13. The maximum atomic E-state index is 12.5. The minimum atomic E-state index is -3.94. The summed E-state index contributed by atoms with van der Waals surface area (Å²) in [4.78, 5) is 25.1. The molecule has 8 nitrogen and oxygen atoms in total. The highest BCUT2D eigenvalue weighted by Crippen LogP contribution is 2.24. The summed E-state index contributed by atoms with van der Waals surface area (Å²) in [7, 11) is -0.855. The smallest absolute Gasteiger partial charge is 0.338 e. The Morgan fingerprint density at radius 2 is 2.11 bits per heavy atom. The van der Waals surface area contributed by atoms with E-state index in [1.165, 1.54) is 24.0 Å². The molecule has 1 amide bonds. The number of benzene rings is 1. The molecule has 1 aliphatic heterocycles. The third-order valence-corrected chi connectivity index (χ3v) is 5.96. The third kappa shape index (κ3) is 5.65. The van der Waals surface area contributed by atoms with Crippen LogP contribution in [0.2, 0.25) is 5.02 Å². The molecule has 2 atom stereocenters. The summed E-state index contributed by atoms with van der Waals surface area (Å²) in [5.41, 5.74) is -0.0182.